The SMILES string of the molecule is O=C(c1coc(C2CCOCC2)n1)N(C[C@H]1CCCO1)c1nc2ccccc2s1. The maximum absolute atomic E-state index is 13.4. The van der Waals surface area contributed by atoms with E-state index >= 15 is 0 Å². The van der Waals surface area contributed by atoms with Gasteiger partial charge in [0.1, 0.15) is 6.26 Å². The second-order valence-electron chi connectivity index (χ2n) is 7.47. The molecule has 2 aliphatic heterocycles. The first kappa shape index (κ1) is 18.7. The van der Waals surface area contributed by atoms with Crippen molar-refractivity contribution in [2.24, 2.45) is 0 Å². The Labute approximate surface area is 172 Å². The maximum Gasteiger partial charge on any atom is 0.282 e. The molecule has 29 heavy (non-hydrogen) atoms. The Bertz CT molecular complexity index is 956. The molecule has 2 aliphatic rings. The molecule has 3 aromatic rings. The van der Waals surface area contributed by atoms with Crippen molar-refractivity contribution in [3.63, 3.8) is 0 Å². The second kappa shape index (κ2) is 8.22. The maximum atomic E-state index is 13.4. The summed E-state index contributed by atoms with van der Waals surface area (Å²) in [4.78, 5) is 24.3. The van der Waals surface area contributed by atoms with Crippen LogP contribution in [0.3, 0.4) is 0 Å². The van der Waals surface area contributed by atoms with Crippen molar-refractivity contribution < 1.29 is 18.7 Å². The van der Waals surface area contributed by atoms with Gasteiger partial charge in [-0.05, 0) is 37.8 Å². The number of carbonyl (C=O) groups excluding carboxylic acids is 1. The van der Waals surface area contributed by atoms with Gasteiger partial charge in [0.2, 0.25) is 0 Å². The van der Waals surface area contributed by atoms with Crippen LogP contribution < -0.4 is 4.90 Å². The average molecular weight is 413 g/mol. The Morgan fingerprint density at radius 2 is 2.00 bits per heavy atom. The van der Waals surface area contributed by atoms with Crippen molar-refractivity contribution in [3.05, 3.63) is 42.1 Å². The number of carbonyl (C=O) groups is 1. The van der Waals surface area contributed by atoms with E-state index in [2.05, 4.69) is 4.98 Å². The molecule has 1 amide bonds. The van der Waals surface area contributed by atoms with Crippen LogP contribution in [0.4, 0.5) is 5.13 Å². The molecule has 0 bridgehead atoms. The van der Waals surface area contributed by atoms with E-state index in [0.717, 1.165) is 42.5 Å². The fourth-order valence-electron chi connectivity index (χ4n) is 3.87. The summed E-state index contributed by atoms with van der Waals surface area (Å²) in [6.07, 6.45) is 5.19. The van der Waals surface area contributed by atoms with Crippen molar-refractivity contribution >= 4 is 32.6 Å². The number of nitrogens with zero attached hydrogens (tertiary/aromatic N) is 3. The summed E-state index contributed by atoms with van der Waals surface area (Å²) in [7, 11) is 0. The van der Waals surface area contributed by atoms with Gasteiger partial charge in [0.05, 0.1) is 22.9 Å². The van der Waals surface area contributed by atoms with E-state index in [0.29, 0.717) is 36.5 Å². The van der Waals surface area contributed by atoms with E-state index in [1.165, 1.54) is 17.6 Å². The van der Waals surface area contributed by atoms with Crippen molar-refractivity contribution in [2.75, 3.05) is 31.3 Å². The quantitative estimate of drug-likeness (QED) is 0.629. The van der Waals surface area contributed by atoms with Gasteiger partial charge in [0.15, 0.2) is 16.7 Å². The van der Waals surface area contributed by atoms with Crippen molar-refractivity contribution in [3.8, 4) is 0 Å². The van der Waals surface area contributed by atoms with Gasteiger partial charge in [-0.15, -0.1) is 0 Å². The molecule has 2 saturated heterocycles. The number of ether oxygens (including phenoxy) is 2. The van der Waals surface area contributed by atoms with Crippen LogP contribution in [0, 0.1) is 0 Å². The van der Waals surface area contributed by atoms with Crippen LogP contribution in [0.15, 0.2) is 34.9 Å². The van der Waals surface area contributed by atoms with Crippen LogP contribution >= 0.6 is 11.3 Å². The normalized spacial score (nSPS) is 20.3. The lowest BCUT2D eigenvalue weighted by Gasteiger charge is -2.22. The van der Waals surface area contributed by atoms with Gasteiger partial charge >= 0.3 is 0 Å². The smallest absolute Gasteiger partial charge is 0.282 e. The summed E-state index contributed by atoms with van der Waals surface area (Å²) in [5.41, 5.74) is 1.21. The largest absolute Gasteiger partial charge is 0.448 e. The number of benzene rings is 1. The molecule has 0 spiro atoms. The van der Waals surface area contributed by atoms with Crippen LogP contribution in [0.2, 0.25) is 0 Å². The van der Waals surface area contributed by atoms with Crippen LogP contribution in [-0.4, -0.2) is 48.3 Å². The summed E-state index contributed by atoms with van der Waals surface area (Å²) in [5.74, 6) is 0.638. The van der Waals surface area contributed by atoms with Crippen LogP contribution in [0.5, 0.6) is 0 Å². The van der Waals surface area contributed by atoms with E-state index < -0.39 is 0 Å². The zero-order valence-electron chi connectivity index (χ0n) is 16.1. The molecule has 0 radical (unpaired) electrons. The molecule has 0 aliphatic carbocycles. The van der Waals surface area contributed by atoms with Crippen LogP contribution in [0.25, 0.3) is 10.2 Å². The molecule has 1 atom stereocenters. The minimum Gasteiger partial charge on any atom is -0.448 e. The summed E-state index contributed by atoms with van der Waals surface area (Å²) in [5, 5.41) is 0.669. The Kier molecular flexibility index (Phi) is 5.30. The number of anilines is 1. The third kappa shape index (κ3) is 3.92. The van der Waals surface area contributed by atoms with Gasteiger partial charge in [-0.25, -0.2) is 9.97 Å². The minimum atomic E-state index is -0.193. The summed E-state index contributed by atoms with van der Waals surface area (Å²) in [6.45, 7) is 2.61. The van der Waals surface area contributed by atoms with E-state index in [4.69, 9.17) is 18.9 Å². The molecule has 5 rings (SSSR count). The van der Waals surface area contributed by atoms with Gasteiger partial charge in [-0.2, -0.15) is 0 Å². The molecule has 0 N–H and O–H groups in total. The van der Waals surface area contributed by atoms with E-state index in [1.807, 2.05) is 24.3 Å². The number of para-hydroxylation sites is 1. The molecule has 2 aromatic heterocycles. The molecule has 0 unspecified atom stereocenters. The topological polar surface area (TPSA) is 77.7 Å². The summed E-state index contributed by atoms with van der Waals surface area (Å²) in [6, 6.07) is 7.91. The number of oxazole rings is 1. The number of rotatable bonds is 5. The lowest BCUT2D eigenvalue weighted by atomic mass is 10.0. The molecule has 7 nitrogen and oxygen atoms in total. The monoisotopic (exact) mass is 413 g/mol. The van der Waals surface area contributed by atoms with Gasteiger partial charge in [-0.1, -0.05) is 23.5 Å². The van der Waals surface area contributed by atoms with E-state index in [-0.39, 0.29) is 17.9 Å². The molecule has 0 saturated carbocycles. The number of fused-ring (bicyclic) bond motifs is 1. The molecule has 152 valence electrons. The highest BCUT2D eigenvalue weighted by molar-refractivity contribution is 7.22. The number of hydrogen-bond donors (Lipinski definition) is 0. The fourth-order valence-corrected chi connectivity index (χ4v) is 4.84. The first-order valence-corrected chi connectivity index (χ1v) is 10.9. The lowest BCUT2D eigenvalue weighted by Crippen LogP contribution is -2.37. The van der Waals surface area contributed by atoms with Crippen molar-refractivity contribution in [1.29, 1.82) is 0 Å². The third-order valence-electron chi connectivity index (χ3n) is 5.48. The first-order valence-electron chi connectivity index (χ1n) is 10.1. The molecule has 4 heterocycles. The zero-order chi connectivity index (χ0) is 19.6. The number of hydrogen-bond acceptors (Lipinski definition) is 7. The summed E-state index contributed by atoms with van der Waals surface area (Å²) < 4.78 is 17.9. The Morgan fingerprint density at radius 3 is 2.79 bits per heavy atom. The summed E-state index contributed by atoms with van der Waals surface area (Å²) >= 11 is 1.51. The number of amides is 1. The van der Waals surface area contributed by atoms with Crippen LogP contribution in [-0.2, 0) is 9.47 Å². The highest BCUT2D eigenvalue weighted by Gasteiger charge is 2.30. The molecule has 8 heteroatoms. The molecule has 1 aromatic carbocycles. The van der Waals surface area contributed by atoms with Gasteiger partial charge < -0.3 is 13.9 Å². The van der Waals surface area contributed by atoms with Gasteiger partial charge in [-0.3, -0.25) is 9.69 Å². The van der Waals surface area contributed by atoms with Crippen LogP contribution in [0.1, 0.15) is 48.0 Å². The van der Waals surface area contributed by atoms with E-state index in [1.54, 1.807) is 4.90 Å². The Balaban J connectivity index is 1.43. The highest BCUT2D eigenvalue weighted by Crippen LogP contribution is 2.31. The highest BCUT2D eigenvalue weighted by atomic mass is 32.1. The predicted octanol–water partition coefficient (Wildman–Crippen LogP) is 4.00. The second-order valence-corrected chi connectivity index (χ2v) is 8.48. The minimum absolute atomic E-state index is 0.0211. The number of thiazole rings is 1. The van der Waals surface area contributed by atoms with Crippen molar-refractivity contribution in [1.82, 2.24) is 9.97 Å². The molecular formula is C21H23N3O4S. The molecular weight excluding hydrogens is 390 g/mol. The fraction of sp³-hybridized carbons (Fsp3) is 0.476. The van der Waals surface area contributed by atoms with E-state index in [9.17, 15) is 4.79 Å². The number of aromatic nitrogens is 2. The predicted molar refractivity (Wildman–Crippen MR) is 110 cm³/mol. The van der Waals surface area contributed by atoms with Crippen molar-refractivity contribution in [2.45, 2.75) is 37.7 Å². The Morgan fingerprint density at radius 1 is 1.14 bits per heavy atom. The lowest BCUT2D eigenvalue weighted by molar-refractivity contribution is 0.0794. The van der Waals surface area contributed by atoms with Gasteiger partial charge in [0.25, 0.3) is 5.91 Å². The standard InChI is InChI=1S/C21H23N3O4S/c25-20(17-13-28-19(22-17)14-7-10-26-11-8-14)24(12-15-4-3-9-27-15)21-23-16-5-1-2-6-18(16)29-21/h1-2,5-6,13-15H,3-4,7-12H2/t15-/m1/s1. The third-order valence-corrected chi connectivity index (χ3v) is 6.54. The van der Waals surface area contributed by atoms with Gasteiger partial charge in [0, 0.05) is 25.7 Å². The first-order chi connectivity index (χ1) is 14.3. The Hall–Kier alpha value is -2.29. The zero-order valence-corrected chi connectivity index (χ0v) is 16.9. The average Bonchev–Trinajstić information content (AvgIpc) is 3.52. The molecule has 2 fully saturated rings.